The number of hydrogen-bond acceptors (Lipinski definition) is 1. The van der Waals surface area contributed by atoms with Gasteiger partial charge < -0.3 is 4.74 Å². The summed E-state index contributed by atoms with van der Waals surface area (Å²) in [6.45, 7) is 2.25. The van der Waals surface area contributed by atoms with Gasteiger partial charge in [-0.15, -0.1) is 0 Å². The van der Waals surface area contributed by atoms with Gasteiger partial charge in [0.2, 0.25) is 0 Å². The lowest BCUT2D eigenvalue weighted by molar-refractivity contribution is -0.0191. The van der Waals surface area contributed by atoms with E-state index in [-0.39, 0.29) is 5.60 Å². The lowest BCUT2D eigenvalue weighted by Gasteiger charge is -2.21. The molecule has 1 heterocycles. The average Bonchev–Trinajstić information content (AvgIpc) is 2.77. The van der Waals surface area contributed by atoms with Crippen molar-refractivity contribution in [2.75, 3.05) is 4.43 Å². The van der Waals surface area contributed by atoms with Crippen LogP contribution in [0.4, 0.5) is 0 Å². The maximum absolute atomic E-state index is 6.01. The first kappa shape index (κ1) is 8.30. The van der Waals surface area contributed by atoms with Crippen molar-refractivity contribution in [1.82, 2.24) is 0 Å². The van der Waals surface area contributed by atoms with Crippen molar-refractivity contribution < 1.29 is 4.74 Å². The summed E-state index contributed by atoms with van der Waals surface area (Å²) < 4.78 is 7.16. The fraction of sp³-hybridized carbons (Fsp3) is 1.00. The number of hydrogen-bond donors (Lipinski definition) is 0. The molecule has 2 aliphatic rings. The molecule has 0 radical (unpaired) electrons. The van der Waals surface area contributed by atoms with Crippen LogP contribution in [-0.2, 0) is 4.74 Å². The molecule has 2 heteroatoms. The molecule has 0 spiro atoms. The Balaban J connectivity index is 1.91. The Labute approximate surface area is 82.0 Å². The van der Waals surface area contributed by atoms with Crippen molar-refractivity contribution in [3.05, 3.63) is 0 Å². The van der Waals surface area contributed by atoms with E-state index >= 15 is 0 Å². The Morgan fingerprint density at radius 2 is 2.18 bits per heavy atom. The molecule has 0 amide bonds. The van der Waals surface area contributed by atoms with Crippen molar-refractivity contribution in [2.45, 2.75) is 44.3 Å². The molecule has 2 fully saturated rings. The summed E-state index contributed by atoms with van der Waals surface area (Å²) in [5.74, 6) is 0.930. The highest BCUT2D eigenvalue weighted by Crippen LogP contribution is 2.43. The Morgan fingerprint density at radius 3 is 2.64 bits per heavy atom. The SMILES string of the molecule is CC1(CI)CCC(C2CC2)O1. The second-order valence-corrected chi connectivity index (χ2v) is 4.88. The van der Waals surface area contributed by atoms with Gasteiger partial charge in [-0.1, -0.05) is 22.6 Å². The van der Waals surface area contributed by atoms with Gasteiger partial charge in [-0.25, -0.2) is 0 Å². The van der Waals surface area contributed by atoms with E-state index in [0.717, 1.165) is 10.3 Å². The lowest BCUT2D eigenvalue weighted by atomic mass is 10.0. The summed E-state index contributed by atoms with van der Waals surface area (Å²) in [4.78, 5) is 0. The Kier molecular flexibility index (Phi) is 2.17. The van der Waals surface area contributed by atoms with Crippen LogP contribution in [0.5, 0.6) is 0 Å². The van der Waals surface area contributed by atoms with Crippen LogP contribution in [0, 0.1) is 5.92 Å². The van der Waals surface area contributed by atoms with E-state index < -0.39 is 0 Å². The zero-order valence-electron chi connectivity index (χ0n) is 6.98. The molecule has 1 aliphatic carbocycles. The molecule has 0 N–H and O–H groups in total. The van der Waals surface area contributed by atoms with E-state index in [4.69, 9.17) is 4.74 Å². The van der Waals surface area contributed by atoms with E-state index in [0.29, 0.717) is 6.10 Å². The maximum Gasteiger partial charge on any atom is 0.0748 e. The highest BCUT2D eigenvalue weighted by Gasteiger charge is 2.42. The van der Waals surface area contributed by atoms with E-state index in [9.17, 15) is 0 Å². The van der Waals surface area contributed by atoms with Crippen LogP contribution in [0.15, 0.2) is 0 Å². The average molecular weight is 266 g/mol. The predicted octanol–water partition coefficient (Wildman–Crippen LogP) is 2.77. The summed E-state index contributed by atoms with van der Waals surface area (Å²) in [6.07, 6.45) is 6.04. The Hall–Kier alpha value is 0.690. The fourth-order valence-corrected chi connectivity index (χ4v) is 2.39. The third-order valence-electron chi connectivity index (χ3n) is 2.82. The van der Waals surface area contributed by atoms with Crippen LogP contribution in [0.25, 0.3) is 0 Å². The van der Waals surface area contributed by atoms with Crippen molar-refractivity contribution in [3.63, 3.8) is 0 Å². The van der Waals surface area contributed by atoms with Crippen LogP contribution in [0.3, 0.4) is 0 Å². The quantitative estimate of drug-likeness (QED) is 0.551. The van der Waals surface area contributed by atoms with Crippen molar-refractivity contribution in [3.8, 4) is 0 Å². The minimum absolute atomic E-state index is 0.216. The van der Waals surface area contributed by atoms with E-state index in [1.807, 2.05) is 0 Å². The molecule has 1 saturated carbocycles. The van der Waals surface area contributed by atoms with Gasteiger partial charge in [0.1, 0.15) is 0 Å². The first-order valence-electron chi connectivity index (χ1n) is 4.47. The number of alkyl halides is 1. The molecule has 1 nitrogen and oxygen atoms in total. The zero-order chi connectivity index (χ0) is 7.90. The number of halogens is 1. The summed E-state index contributed by atoms with van der Waals surface area (Å²) in [5, 5.41) is 0. The van der Waals surface area contributed by atoms with Gasteiger partial charge in [0, 0.05) is 4.43 Å². The molecule has 0 bridgehead atoms. The second kappa shape index (κ2) is 2.87. The van der Waals surface area contributed by atoms with Gasteiger partial charge in [-0.05, 0) is 38.5 Å². The first-order valence-corrected chi connectivity index (χ1v) is 6.00. The molecular formula is C9H15IO. The number of rotatable bonds is 2. The van der Waals surface area contributed by atoms with E-state index in [1.165, 1.54) is 25.7 Å². The molecule has 0 aromatic rings. The molecule has 0 aromatic heterocycles. The largest absolute Gasteiger partial charge is 0.371 e. The van der Waals surface area contributed by atoms with E-state index in [1.54, 1.807) is 0 Å². The number of ether oxygens (including phenoxy) is 1. The normalized spacial score (nSPS) is 44.7. The second-order valence-electron chi connectivity index (χ2n) is 4.12. The molecule has 1 saturated heterocycles. The van der Waals surface area contributed by atoms with Gasteiger partial charge in [-0.3, -0.25) is 0 Å². The molecule has 2 unspecified atom stereocenters. The molecular weight excluding hydrogens is 251 g/mol. The van der Waals surface area contributed by atoms with Crippen molar-refractivity contribution in [2.24, 2.45) is 5.92 Å². The van der Waals surface area contributed by atoms with Crippen LogP contribution in [0.2, 0.25) is 0 Å². The standard InChI is InChI=1S/C9H15IO/c1-9(6-10)5-4-8(11-9)7-2-3-7/h7-8H,2-6H2,1H3. The van der Waals surface area contributed by atoms with Gasteiger partial charge in [-0.2, -0.15) is 0 Å². The van der Waals surface area contributed by atoms with Crippen LogP contribution < -0.4 is 0 Å². The first-order chi connectivity index (χ1) is 5.23. The summed E-state index contributed by atoms with van der Waals surface area (Å²) in [7, 11) is 0. The van der Waals surface area contributed by atoms with Gasteiger partial charge in [0.25, 0.3) is 0 Å². The molecule has 0 aromatic carbocycles. The topological polar surface area (TPSA) is 9.23 Å². The molecule has 2 rings (SSSR count). The minimum atomic E-state index is 0.216. The Bertz CT molecular complexity index is 156. The van der Waals surface area contributed by atoms with E-state index in [2.05, 4.69) is 29.5 Å². The van der Waals surface area contributed by atoms with Crippen LogP contribution >= 0.6 is 22.6 Å². The van der Waals surface area contributed by atoms with Gasteiger partial charge in [0.05, 0.1) is 11.7 Å². The minimum Gasteiger partial charge on any atom is -0.371 e. The van der Waals surface area contributed by atoms with Gasteiger partial charge in [0.15, 0.2) is 0 Å². The van der Waals surface area contributed by atoms with Crippen molar-refractivity contribution >= 4 is 22.6 Å². The molecule has 2 atom stereocenters. The maximum atomic E-state index is 6.01. The Morgan fingerprint density at radius 1 is 1.45 bits per heavy atom. The van der Waals surface area contributed by atoms with Crippen LogP contribution in [0.1, 0.15) is 32.6 Å². The highest BCUT2D eigenvalue weighted by molar-refractivity contribution is 14.1. The highest BCUT2D eigenvalue weighted by atomic mass is 127. The molecule has 11 heavy (non-hydrogen) atoms. The lowest BCUT2D eigenvalue weighted by Crippen LogP contribution is -2.27. The smallest absolute Gasteiger partial charge is 0.0748 e. The van der Waals surface area contributed by atoms with Crippen LogP contribution in [-0.4, -0.2) is 16.1 Å². The van der Waals surface area contributed by atoms with Crippen molar-refractivity contribution in [1.29, 1.82) is 0 Å². The predicted molar refractivity (Wildman–Crippen MR) is 54.1 cm³/mol. The zero-order valence-corrected chi connectivity index (χ0v) is 9.13. The molecule has 64 valence electrons. The summed E-state index contributed by atoms with van der Waals surface area (Å²) >= 11 is 2.44. The third-order valence-corrected chi connectivity index (χ3v) is 4.44. The third kappa shape index (κ3) is 1.72. The fourth-order valence-electron chi connectivity index (χ4n) is 1.83. The summed E-state index contributed by atoms with van der Waals surface area (Å²) in [5.41, 5.74) is 0.216. The molecule has 1 aliphatic heterocycles. The monoisotopic (exact) mass is 266 g/mol. The summed E-state index contributed by atoms with van der Waals surface area (Å²) in [6, 6.07) is 0. The van der Waals surface area contributed by atoms with Gasteiger partial charge >= 0.3 is 0 Å².